The molecule has 6 fully saturated rings. The third kappa shape index (κ3) is 22.1. The molecule has 30 heteroatoms. The second-order valence-electron chi connectivity index (χ2n) is 35.3. The van der Waals surface area contributed by atoms with Gasteiger partial charge in [-0.2, -0.15) is 5.26 Å². The van der Waals surface area contributed by atoms with Gasteiger partial charge in [-0.15, -0.1) is 11.6 Å². The summed E-state index contributed by atoms with van der Waals surface area (Å²) in [5, 5.41) is 10.3. The maximum atomic E-state index is 14.7. The first-order valence-electron chi connectivity index (χ1n) is 41.2. The Bertz CT molecular complexity index is 3280. The SMILES string of the molecule is CC[C@@H]1OC(=O)[C@H](C)[C@H](O[C@@H]2C[C@@](C)(OC)[C@@H](OC)[C@H](C)O2)[C@H](C)[C@@H](O[C@@H]2O[C@H](C)C[C@H](N(C)C)[C@H]2OC)[C@](C)(OC)C[C@@H](C)C(=O)/C(C)=C/[C@]1(C)OC(=O)CCl.CC[C@@H]1OC(=O)[C@H](C)[C@H](O[C@@H]2C[C@@](C)(OC)[C@@H](OC)[C@H](C)O2)[C@H](C)[C@@H](O[C@@H]2O[C@H](C)C[C@H](N(C)C)[C@H]2OC)[C@](C)(OC)C[C@@H](C)C(=O)[C@H](C)[C@H]2[C@H](C#N)C(=O)O[C@@]21C. The van der Waals surface area contributed by atoms with Crippen molar-refractivity contribution in [2.24, 2.45) is 53.3 Å². The van der Waals surface area contributed by atoms with E-state index in [-0.39, 0.29) is 74.4 Å². The van der Waals surface area contributed by atoms with E-state index in [4.69, 9.17) is 106 Å². The Hall–Kier alpha value is -3.98. The maximum absolute atomic E-state index is 14.7. The van der Waals surface area contributed by atoms with Crippen molar-refractivity contribution in [3.8, 4) is 6.07 Å². The minimum absolute atomic E-state index is 0.0358. The van der Waals surface area contributed by atoms with Gasteiger partial charge in [0.2, 0.25) is 0 Å². The van der Waals surface area contributed by atoms with Gasteiger partial charge >= 0.3 is 23.9 Å². The second kappa shape index (κ2) is 41.7. The number of hydrogen-bond donors (Lipinski definition) is 0. The van der Waals surface area contributed by atoms with E-state index in [2.05, 4.69) is 15.9 Å². The van der Waals surface area contributed by atoms with Crippen LogP contribution >= 0.6 is 11.6 Å². The number of cyclic esters (lactones) is 2. The molecule has 0 aromatic rings. The average molecular weight is 1660 g/mol. The number of rotatable bonds is 22. The molecule has 7 aliphatic rings. The van der Waals surface area contributed by atoms with Crippen molar-refractivity contribution >= 4 is 47.0 Å². The first-order valence-corrected chi connectivity index (χ1v) is 41.7. The standard InChI is InChI=1S/C43H72N2O13.C42H72ClNO13/c1-17-30-43(10)32(28(21-44)39(48)58-43)24(4)33(46)22(2)19-41(8,51-15)36(57-40-35(49-13)29(45(11)12)18-23(3)53-40)25(5)34(26(6)38(47)55-30)56-31-20-42(9,52-16)37(50-14)27(7)54-31;1-17-30-40(8,57-31(45)22-43)19-23(2)33(46)24(3)20-41(9,50-15)36(56-39-35(48-13)29(44(11)12)18-25(4)52-39)26(5)34(27(6)38(47)54-30)55-32-21-42(10,51-16)37(49-14)28(7)53-32/h22-32,34-37,40H,17-20H2,1-16H3;19,24-30,32,34-37,39H,17-18,20-22H2,1-16H3/b;23-19+/t22-,23-,24-,25+,26-,27+,28+,29+,30+,31-,32+,34-,35-,36-,37+,40+,41-,42-,43-;24-,25-,26+,27-,28+,29+,30+,32-,34-,35-,36-,37+,39+,40+,41-,42-/m11/s1. The van der Waals surface area contributed by atoms with Crippen molar-refractivity contribution in [2.45, 2.75) is 346 Å². The monoisotopic (exact) mass is 1660 g/mol. The normalized spacial score (nSPS) is 45.5. The number of carbonyl (C=O) groups is 6. The molecule has 0 aromatic heterocycles. The van der Waals surface area contributed by atoms with Crippen LogP contribution in [0.1, 0.15) is 190 Å². The molecule has 115 heavy (non-hydrogen) atoms. The molecule has 7 heterocycles. The summed E-state index contributed by atoms with van der Waals surface area (Å²) in [4.78, 5) is 88.3. The summed E-state index contributed by atoms with van der Waals surface area (Å²) in [6, 6.07) is 2.01. The molecule has 0 aromatic carbocycles. The van der Waals surface area contributed by atoms with E-state index in [1.807, 2.05) is 125 Å². The fraction of sp³-hybridized carbons (Fsp3) is 0.894. The highest BCUT2D eigenvalue weighted by atomic mass is 35.5. The first kappa shape index (κ1) is 99.8. The zero-order valence-corrected chi connectivity index (χ0v) is 75.8. The number of hydrogen-bond acceptors (Lipinski definition) is 29. The van der Waals surface area contributed by atoms with E-state index < -0.39 is 215 Å². The molecule has 0 saturated carbocycles. The number of nitrogens with zero attached hydrogens (tertiary/aromatic N) is 3. The molecule has 0 spiro atoms. The van der Waals surface area contributed by atoms with Gasteiger partial charge in [-0.3, -0.25) is 28.8 Å². The summed E-state index contributed by atoms with van der Waals surface area (Å²) < 4.78 is 127. The summed E-state index contributed by atoms with van der Waals surface area (Å²) in [6.07, 6.45) is -7.59. The van der Waals surface area contributed by atoms with E-state index in [1.54, 1.807) is 104 Å². The molecular weight excluding hydrogens is 1510 g/mol. The molecular formula is C85H144ClN3O26. The lowest BCUT2D eigenvalue weighted by Gasteiger charge is -2.50. The summed E-state index contributed by atoms with van der Waals surface area (Å²) in [5.74, 6) is -10.9. The van der Waals surface area contributed by atoms with Crippen LogP contribution in [-0.2, 0) is 124 Å². The van der Waals surface area contributed by atoms with Gasteiger partial charge in [0.15, 0.2) is 48.1 Å². The number of ether oxygens (including phenoxy) is 20. The molecule has 662 valence electrons. The number of carbonyl (C=O) groups excluding carboxylic acids is 6. The van der Waals surface area contributed by atoms with Gasteiger partial charge in [-0.25, -0.2) is 0 Å². The van der Waals surface area contributed by atoms with Crippen molar-refractivity contribution in [1.82, 2.24) is 9.80 Å². The molecule has 0 unspecified atom stereocenters. The van der Waals surface area contributed by atoms with Crippen LogP contribution in [0.2, 0.25) is 0 Å². The molecule has 0 aliphatic carbocycles. The number of nitriles is 1. The molecule has 0 amide bonds. The lowest BCUT2D eigenvalue weighted by atomic mass is 9.67. The van der Waals surface area contributed by atoms with Crippen LogP contribution in [0.25, 0.3) is 0 Å². The maximum Gasteiger partial charge on any atom is 0.324 e. The number of Topliss-reactive ketones (excluding diaryl/α,β-unsaturated/α-hetero) is 2. The fourth-order valence-electron chi connectivity index (χ4n) is 19.9. The van der Waals surface area contributed by atoms with Gasteiger partial charge in [0.1, 0.15) is 48.3 Å². The largest absolute Gasteiger partial charge is 0.458 e. The van der Waals surface area contributed by atoms with Crippen LogP contribution in [0.3, 0.4) is 0 Å². The van der Waals surface area contributed by atoms with Crippen LogP contribution in [0.4, 0.5) is 0 Å². The van der Waals surface area contributed by atoms with Crippen LogP contribution in [-0.4, -0.2) is 292 Å². The fourth-order valence-corrected chi connectivity index (χ4v) is 19.9. The van der Waals surface area contributed by atoms with E-state index in [9.17, 15) is 34.0 Å². The topological polar surface area (TPSA) is 317 Å². The minimum atomic E-state index is -1.53. The molecule has 0 bridgehead atoms. The minimum Gasteiger partial charge on any atom is -0.458 e. The summed E-state index contributed by atoms with van der Waals surface area (Å²) in [5.41, 5.74) is -6.62. The smallest absolute Gasteiger partial charge is 0.324 e. The van der Waals surface area contributed by atoms with Crippen LogP contribution in [0.15, 0.2) is 11.6 Å². The zero-order valence-electron chi connectivity index (χ0n) is 75.0. The highest BCUT2D eigenvalue weighted by Crippen LogP contribution is 2.50. The predicted octanol–water partition coefficient (Wildman–Crippen LogP) is 10.2. The Morgan fingerprint density at radius 2 is 0.913 bits per heavy atom. The average Bonchev–Trinajstić information content (AvgIpc) is 1.66. The number of alkyl halides is 1. The number of halogens is 1. The Morgan fingerprint density at radius 3 is 1.27 bits per heavy atom. The lowest BCUT2D eigenvalue weighted by molar-refractivity contribution is -0.322. The molecule has 29 nitrogen and oxygen atoms in total. The molecule has 0 radical (unpaired) electrons. The van der Waals surface area contributed by atoms with Crippen molar-refractivity contribution in [3.05, 3.63) is 11.6 Å². The van der Waals surface area contributed by atoms with Crippen molar-refractivity contribution in [2.75, 3.05) is 90.9 Å². The molecule has 6 saturated heterocycles. The number of ketones is 2. The second-order valence-corrected chi connectivity index (χ2v) is 35.6. The van der Waals surface area contributed by atoms with E-state index in [1.165, 1.54) is 0 Å². The summed E-state index contributed by atoms with van der Waals surface area (Å²) >= 11 is 5.89. The van der Waals surface area contributed by atoms with E-state index in [0.29, 0.717) is 18.4 Å². The van der Waals surface area contributed by atoms with Crippen LogP contribution in [0.5, 0.6) is 0 Å². The third-order valence-corrected chi connectivity index (χ3v) is 26.6. The van der Waals surface area contributed by atoms with Crippen molar-refractivity contribution in [1.29, 1.82) is 5.26 Å². The zero-order chi connectivity index (χ0) is 86.9. The van der Waals surface area contributed by atoms with Gasteiger partial charge in [0.05, 0.1) is 89.1 Å². The van der Waals surface area contributed by atoms with Crippen molar-refractivity contribution in [3.63, 3.8) is 0 Å². The van der Waals surface area contributed by atoms with E-state index in [0.717, 1.165) is 0 Å². The Labute approximate surface area is 690 Å². The number of likely N-dealkylation sites (N-methyl/N-ethyl adjacent to an activating group) is 2. The number of methoxy groups -OCH3 is 8. The van der Waals surface area contributed by atoms with Crippen LogP contribution < -0.4 is 0 Å². The predicted molar refractivity (Wildman–Crippen MR) is 425 cm³/mol. The number of allylic oxidation sites excluding steroid dienone is 1. The Balaban J connectivity index is 0.000000358. The summed E-state index contributed by atoms with van der Waals surface area (Å²) in [6.45, 7) is 36.7. The number of fused-ring (bicyclic) bond motifs is 1. The van der Waals surface area contributed by atoms with Gasteiger partial charge in [0, 0.05) is 117 Å². The quantitative estimate of drug-likeness (QED) is 0.0552. The third-order valence-electron chi connectivity index (χ3n) is 26.4. The Morgan fingerprint density at radius 1 is 0.522 bits per heavy atom. The van der Waals surface area contributed by atoms with E-state index >= 15 is 0 Å². The number of esters is 4. The van der Waals surface area contributed by atoms with Gasteiger partial charge in [-0.1, -0.05) is 48.5 Å². The van der Waals surface area contributed by atoms with Gasteiger partial charge < -0.3 is 105 Å². The molecule has 7 rings (SSSR count). The van der Waals surface area contributed by atoms with Gasteiger partial charge in [0.25, 0.3) is 0 Å². The van der Waals surface area contributed by atoms with Crippen molar-refractivity contribution < 1.29 is 124 Å². The highest BCUT2D eigenvalue weighted by molar-refractivity contribution is 6.26. The highest BCUT2D eigenvalue weighted by Gasteiger charge is 2.63. The first-order chi connectivity index (χ1) is 53.7. The summed E-state index contributed by atoms with van der Waals surface area (Å²) in [7, 11) is 20.8. The Kier molecular flexibility index (Phi) is 36.2. The lowest BCUT2D eigenvalue weighted by Crippen LogP contribution is -2.61. The molecule has 35 atom stereocenters. The molecule has 7 aliphatic heterocycles. The van der Waals surface area contributed by atoms with Crippen LogP contribution in [0, 0.1) is 64.6 Å². The van der Waals surface area contributed by atoms with Gasteiger partial charge in [-0.05, 0) is 168 Å². The molecule has 0 N–H and O–H groups in total.